The molecule has 0 aliphatic heterocycles. The molecule has 0 aliphatic carbocycles. The molecule has 290 valence electrons. The van der Waals surface area contributed by atoms with Gasteiger partial charge in [0.2, 0.25) is 5.95 Å². The molecule has 12 heteroatoms. The second-order valence-electron chi connectivity index (χ2n) is 13.1. The first kappa shape index (κ1) is 39.9. The number of para-hydroxylation sites is 2. The largest absolute Gasteiger partial charge is 0.445 e. The zero-order chi connectivity index (χ0) is 40.5. The van der Waals surface area contributed by atoms with Crippen LogP contribution in [-0.2, 0) is 30.9 Å². The highest BCUT2D eigenvalue weighted by atomic mass is 16.5. The Bertz CT molecular complexity index is 2430. The Morgan fingerprint density at radius 1 is 0.672 bits per heavy atom. The van der Waals surface area contributed by atoms with Crippen LogP contribution >= 0.6 is 0 Å². The van der Waals surface area contributed by atoms with Crippen molar-refractivity contribution in [3.05, 3.63) is 197 Å². The summed E-state index contributed by atoms with van der Waals surface area (Å²) in [5.74, 6) is 0.391. The fourth-order valence-corrected chi connectivity index (χ4v) is 5.63. The highest BCUT2D eigenvalue weighted by Gasteiger charge is 2.11. The van der Waals surface area contributed by atoms with Crippen molar-refractivity contribution < 1.29 is 19.1 Å². The molecule has 3 heterocycles. The summed E-state index contributed by atoms with van der Waals surface area (Å²) < 4.78 is 5.15. The Hall–Kier alpha value is -7.73. The van der Waals surface area contributed by atoms with Crippen LogP contribution in [0.1, 0.15) is 48.5 Å². The number of pyridine rings is 2. The second kappa shape index (κ2) is 20.3. The molecule has 0 fully saturated rings. The number of Topliss-reactive ketones (excluding diaryl/α,β-unsaturated/α-hetero) is 1. The van der Waals surface area contributed by atoms with E-state index < -0.39 is 6.09 Å². The molecule has 3 aromatic heterocycles. The van der Waals surface area contributed by atoms with Gasteiger partial charge >= 0.3 is 6.09 Å². The maximum Gasteiger partial charge on any atom is 0.407 e. The Labute approximate surface area is 336 Å². The molecule has 4 aromatic carbocycles. The third kappa shape index (κ3) is 11.9. The molecular weight excluding hydrogens is 729 g/mol. The standard InChI is InChI=1S/C23H20N6O.C23H22N2O3/c24-19-5-1-2-6-21(19)28-22(30)17-9-7-16(8-10-17)14-27-23-26-13-11-20(29-23)18-4-3-12-25-15-18;1-17-5-2-3-7-21(17)13-22(26)20-10-8-18(9-11-20)15-25-23(27)28-16-19-6-4-12-24-14-19/h1-13,15H,14,24H2,(H,28,30)(H,26,27,29);2-12,14H,13,15-16H2,1H3,(H,25,27). The van der Waals surface area contributed by atoms with E-state index in [1.165, 1.54) is 0 Å². The molecule has 58 heavy (non-hydrogen) atoms. The second-order valence-corrected chi connectivity index (χ2v) is 13.1. The molecular formula is C46H42N8O4. The molecule has 5 N–H and O–H groups in total. The highest BCUT2D eigenvalue weighted by molar-refractivity contribution is 6.05. The number of ketones is 1. The molecule has 0 radical (unpaired) electrons. The molecule has 2 amide bonds. The van der Waals surface area contributed by atoms with Crippen molar-refractivity contribution in [1.82, 2.24) is 25.3 Å². The van der Waals surface area contributed by atoms with Crippen LogP contribution in [0.2, 0.25) is 0 Å². The van der Waals surface area contributed by atoms with Crippen LogP contribution in [0.15, 0.2) is 158 Å². The van der Waals surface area contributed by atoms with Crippen LogP contribution in [0.3, 0.4) is 0 Å². The fraction of sp³-hybridized carbons (Fsp3) is 0.109. The summed E-state index contributed by atoms with van der Waals surface area (Å²) in [5.41, 5.74) is 14.8. The van der Waals surface area contributed by atoms with Crippen LogP contribution in [0.5, 0.6) is 0 Å². The lowest BCUT2D eigenvalue weighted by Crippen LogP contribution is -2.23. The van der Waals surface area contributed by atoms with Gasteiger partial charge in [0.15, 0.2) is 5.78 Å². The number of nitrogens with one attached hydrogen (secondary N) is 3. The summed E-state index contributed by atoms with van der Waals surface area (Å²) in [5, 5.41) is 8.73. The molecule has 0 atom stereocenters. The lowest BCUT2D eigenvalue weighted by atomic mass is 9.99. The Balaban J connectivity index is 0.000000196. The lowest BCUT2D eigenvalue weighted by molar-refractivity contribution is 0.0990. The van der Waals surface area contributed by atoms with Crippen molar-refractivity contribution >= 4 is 35.1 Å². The van der Waals surface area contributed by atoms with E-state index in [1.54, 1.807) is 73.4 Å². The maximum atomic E-state index is 12.5. The summed E-state index contributed by atoms with van der Waals surface area (Å²) in [4.78, 5) is 53.6. The SMILES string of the molecule is Cc1ccccc1CC(=O)c1ccc(CNC(=O)OCc2cccnc2)cc1.Nc1ccccc1NC(=O)c1ccc(CNc2nccc(-c3cccnc3)n2)cc1. The van der Waals surface area contributed by atoms with Crippen molar-refractivity contribution in [3.63, 3.8) is 0 Å². The number of alkyl carbamates (subject to hydrolysis) is 1. The molecule has 0 spiro atoms. The summed E-state index contributed by atoms with van der Waals surface area (Å²) >= 11 is 0. The zero-order valence-corrected chi connectivity index (χ0v) is 31.8. The number of hydrogen-bond donors (Lipinski definition) is 4. The average Bonchev–Trinajstić information content (AvgIpc) is 3.27. The number of hydrogen-bond acceptors (Lipinski definition) is 10. The first-order chi connectivity index (χ1) is 28.3. The number of rotatable bonds is 13. The van der Waals surface area contributed by atoms with Gasteiger partial charge in [0, 0.05) is 72.7 Å². The van der Waals surface area contributed by atoms with Crippen LogP contribution < -0.4 is 21.7 Å². The summed E-state index contributed by atoms with van der Waals surface area (Å²) in [7, 11) is 0. The van der Waals surface area contributed by atoms with Crippen LogP contribution in [0.25, 0.3) is 11.3 Å². The number of benzene rings is 4. The van der Waals surface area contributed by atoms with Gasteiger partial charge in [0.25, 0.3) is 5.91 Å². The molecule has 12 nitrogen and oxygen atoms in total. The molecule has 0 aliphatic rings. The van der Waals surface area contributed by atoms with E-state index in [1.807, 2.05) is 91.9 Å². The van der Waals surface area contributed by atoms with Gasteiger partial charge in [0.1, 0.15) is 6.61 Å². The Morgan fingerprint density at radius 2 is 1.36 bits per heavy atom. The molecule has 7 aromatic rings. The summed E-state index contributed by atoms with van der Waals surface area (Å²) in [6, 6.07) is 38.9. The summed E-state index contributed by atoms with van der Waals surface area (Å²) in [6.45, 7) is 3.04. The Morgan fingerprint density at radius 3 is 2.07 bits per heavy atom. The van der Waals surface area contributed by atoms with Crippen LogP contribution in [0.4, 0.5) is 22.1 Å². The van der Waals surface area contributed by atoms with Gasteiger partial charge in [-0.2, -0.15) is 0 Å². The minimum absolute atomic E-state index is 0.0738. The van der Waals surface area contributed by atoms with Crippen LogP contribution in [0, 0.1) is 6.92 Å². The number of aromatic nitrogens is 4. The van der Waals surface area contributed by atoms with Gasteiger partial charge in [-0.15, -0.1) is 0 Å². The van der Waals surface area contributed by atoms with Gasteiger partial charge in [-0.05, 0) is 77.7 Å². The van der Waals surface area contributed by atoms with Crippen molar-refractivity contribution in [2.45, 2.75) is 33.0 Å². The number of nitrogens with zero attached hydrogens (tertiary/aromatic N) is 4. The van der Waals surface area contributed by atoms with Crippen LogP contribution in [-0.4, -0.2) is 37.7 Å². The average molecular weight is 771 g/mol. The van der Waals surface area contributed by atoms with E-state index in [-0.39, 0.29) is 18.3 Å². The number of carbonyl (C=O) groups is 3. The molecule has 0 bridgehead atoms. The van der Waals surface area contributed by atoms with E-state index in [4.69, 9.17) is 10.5 Å². The smallest absolute Gasteiger partial charge is 0.407 e. The highest BCUT2D eigenvalue weighted by Crippen LogP contribution is 2.19. The van der Waals surface area contributed by atoms with Crippen molar-refractivity contribution in [1.29, 1.82) is 0 Å². The molecule has 0 unspecified atom stereocenters. The number of carbonyl (C=O) groups excluding carboxylic acids is 3. The summed E-state index contributed by atoms with van der Waals surface area (Å²) in [6.07, 6.45) is 8.40. The molecule has 0 saturated heterocycles. The number of aryl methyl sites for hydroxylation is 1. The topological polar surface area (TPSA) is 174 Å². The van der Waals surface area contributed by atoms with Gasteiger partial charge in [-0.1, -0.05) is 78.9 Å². The quantitative estimate of drug-likeness (QED) is 0.0661. The van der Waals surface area contributed by atoms with E-state index in [9.17, 15) is 14.4 Å². The predicted octanol–water partition coefficient (Wildman–Crippen LogP) is 8.23. The normalized spacial score (nSPS) is 10.4. The fourth-order valence-electron chi connectivity index (χ4n) is 5.63. The van der Waals surface area contributed by atoms with E-state index in [0.29, 0.717) is 48.0 Å². The number of anilines is 3. The zero-order valence-electron chi connectivity index (χ0n) is 31.8. The van der Waals surface area contributed by atoms with E-state index in [0.717, 1.165) is 39.1 Å². The Kier molecular flexibility index (Phi) is 14.0. The number of amides is 2. The minimum Gasteiger partial charge on any atom is -0.445 e. The third-order valence-electron chi connectivity index (χ3n) is 8.91. The number of nitrogens with two attached hydrogens (primary N) is 1. The van der Waals surface area contributed by atoms with Gasteiger partial charge < -0.3 is 26.4 Å². The van der Waals surface area contributed by atoms with Crippen molar-refractivity contribution in [2.24, 2.45) is 0 Å². The predicted molar refractivity (Wildman–Crippen MR) is 225 cm³/mol. The van der Waals surface area contributed by atoms with Gasteiger partial charge in [0.05, 0.1) is 17.1 Å². The van der Waals surface area contributed by atoms with Gasteiger partial charge in [-0.25, -0.2) is 14.8 Å². The maximum absolute atomic E-state index is 12.5. The number of ether oxygens (including phenoxy) is 1. The third-order valence-corrected chi connectivity index (χ3v) is 8.91. The molecule has 0 saturated carbocycles. The van der Waals surface area contributed by atoms with Crippen molar-refractivity contribution in [2.75, 3.05) is 16.4 Å². The van der Waals surface area contributed by atoms with Gasteiger partial charge in [-0.3, -0.25) is 19.6 Å². The monoisotopic (exact) mass is 770 g/mol. The number of nitrogen functional groups attached to an aromatic ring is 1. The van der Waals surface area contributed by atoms with E-state index in [2.05, 4.69) is 35.9 Å². The first-order valence-corrected chi connectivity index (χ1v) is 18.5. The molecule has 7 rings (SSSR count). The van der Waals surface area contributed by atoms with Crippen molar-refractivity contribution in [3.8, 4) is 11.3 Å². The first-order valence-electron chi connectivity index (χ1n) is 18.5. The van der Waals surface area contributed by atoms with E-state index >= 15 is 0 Å². The minimum atomic E-state index is -0.497. The lowest BCUT2D eigenvalue weighted by Gasteiger charge is -2.09.